The molecule has 2 heteroatoms. The first-order valence-corrected chi connectivity index (χ1v) is 20.2. The molecule has 0 unspecified atom stereocenters. The molecule has 2 nitrogen and oxygen atoms in total. The first-order chi connectivity index (χ1) is 30.7. The fraction of sp³-hybridized carbons (Fsp3) is 0.0526. The van der Waals surface area contributed by atoms with Gasteiger partial charge >= 0.3 is 0 Å². The monoisotopic (exact) mass is 758 g/mol. The van der Waals surface area contributed by atoms with Gasteiger partial charge in [0.1, 0.15) is 0 Å². The van der Waals surface area contributed by atoms with E-state index in [1.807, 2.05) is 65.6 Å². The van der Waals surface area contributed by atoms with Crippen molar-refractivity contribution in [2.75, 3.05) is 4.90 Å². The summed E-state index contributed by atoms with van der Waals surface area (Å²) in [5.41, 5.74) is 14.7. The molecule has 0 aliphatic heterocycles. The minimum Gasteiger partial charge on any atom is -0.310 e. The number of hydrogen-bond donors (Lipinski definition) is 0. The minimum atomic E-state index is -0.294. The summed E-state index contributed by atoms with van der Waals surface area (Å²) >= 11 is 0. The Labute approximate surface area is 351 Å². The van der Waals surface area contributed by atoms with Crippen molar-refractivity contribution >= 4 is 38.9 Å². The molecule has 11 rings (SSSR count). The molecule has 1 aromatic heterocycles. The first-order valence-electron chi connectivity index (χ1n) is 22.2. The molecule has 1 heterocycles. The van der Waals surface area contributed by atoms with E-state index >= 15 is 0 Å². The van der Waals surface area contributed by atoms with Crippen molar-refractivity contribution in [3.05, 3.63) is 229 Å². The highest BCUT2D eigenvalue weighted by molar-refractivity contribution is 6.10. The molecular formula is C57H42N2. The highest BCUT2D eigenvalue weighted by Gasteiger charge is 2.35. The zero-order valence-electron chi connectivity index (χ0n) is 36.9. The second-order valence-corrected chi connectivity index (χ2v) is 15.8. The standard InChI is InChI=1S/C57H42N2/c1-57(2)53-26-13-11-24-49(53)50-34-33-46(38-54(50)57)58(44-31-28-40(29-32-44)48-23-10-9-22-47(48)39-16-5-3-6-17-39)45-21-15-18-41(36-45)42-30-35-56-52(37-42)51-25-12-14-27-55(51)59(56)43-19-7-4-8-20-43/h3-38H,1-2H3/i15D,18D,21D,36D. The van der Waals surface area contributed by atoms with Gasteiger partial charge in [-0.15, -0.1) is 0 Å². The summed E-state index contributed by atoms with van der Waals surface area (Å²) < 4.78 is 40.6. The molecule has 0 saturated carbocycles. The number of fused-ring (bicyclic) bond motifs is 6. The Morgan fingerprint density at radius 3 is 1.80 bits per heavy atom. The third-order valence-electron chi connectivity index (χ3n) is 12.1. The van der Waals surface area contributed by atoms with E-state index in [0.717, 1.165) is 72.2 Å². The maximum atomic E-state index is 10.1. The van der Waals surface area contributed by atoms with Crippen LogP contribution in [0.4, 0.5) is 17.1 Å². The van der Waals surface area contributed by atoms with Crippen LogP contribution >= 0.6 is 0 Å². The smallest absolute Gasteiger partial charge is 0.0651 e. The van der Waals surface area contributed by atoms with Crippen LogP contribution in [0.15, 0.2) is 218 Å². The summed E-state index contributed by atoms with van der Waals surface area (Å²) in [4.78, 5) is 1.96. The lowest BCUT2D eigenvalue weighted by molar-refractivity contribution is 0.660. The molecule has 1 aliphatic rings. The van der Waals surface area contributed by atoms with E-state index in [1.165, 1.54) is 11.1 Å². The fourth-order valence-electron chi connectivity index (χ4n) is 9.21. The van der Waals surface area contributed by atoms with E-state index in [9.17, 15) is 5.48 Å². The molecule has 1 aliphatic carbocycles. The number of anilines is 3. The van der Waals surface area contributed by atoms with Gasteiger partial charge in [0.15, 0.2) is 0 Å². The minimum absolute atomic E-state index is 0.0219. The molecule has 9 aromatic carbocycles. The van der Waals surface area contributed by atoms with Gasteiger partial charge in [-0.1, -0.05) is 165 Å². The number of nitrogens with zero attached hydrogens (tertiary/aromatic N) is 2. The number of para-hydroxylation sites is 2. The van der Waals surface area contributed by atoms with Crippen LogP contribution in [0.1, 0.15) is 30.5 Å². The predicted octanol–water partition coefficient (Wildman–Crippen LogP) is 15.6. The average molecular weight is 759 g/mol. The highest BCUT2D eigenvalue weighted by Crippen LogP contribution is 2.51. The summed E-state index contributed by atoms with van der Waals surface area (Å²) in [5, 5.41) is 2.04. The molecule has 0 bridgehead atoms. The Hall–Kier alpha value is -7.42. The van der Waals surface area contributed by atoms with Crippen LogP contribution in [0.3, 0.4) is 0 Å². The van der Waals surface area contributed by atoms with Crippen LogP contribution in [0, 0.1) is 0 Å². The number of aromatic nitrogens is 1. The van der Waals surface area contributed by atoms with Gasteiger partial charge in [-0.3, -0.25) is 0 Å². The number of hydrogen-bond acceptors (Lipinski definition) is 1. The molecule has 59 heavy (non-hydrogen) atoms. The van der Waals surface area contributed by atoms with Crippen LogP contribution in [0.2, 0.25) is 0 Å². The van der Waals surface area contributed by atoms with Gasteiger partial charge in [0.25, 0.3) is 0 Å². The van der Waals surface area contributed by atoms with Crippen molar-refractivity contribution in [3.63, 3.8) is 0 Å². The molecule has 0 spiro atoms. The Morgan fingerprint density at radius 2 is 1.02 bits per heavy atom. The molecule has 0 atom stereocenters. The zero-order chi connectivity index (χ0) is 43.0. The SMILES string of the molecule is [2H]c1c([2H])c(-c2ccc3c(c2)c2ccccc2n3-c2ccccc2)c([2H])c(N(c2ccc(-c3ccccc3-c3ccccc3)cc2)c2ccc3c(c2)C(C)(C)c2ccccc2-3)c1[2H]. The van der Waals surface area contributed by atoms with E-state index in [4.69, 9.17) is 0 Å². The summed E-state index contributed by atoms with van der Waals surface area (Å²) in [6, 6.07) is 66.1. The van der Waals surface area contributed by atoms with Gasteiger partial charge in [-0.2, -0.15) is 0 Å². The third-order valence-corrected chi connectivity index (χ3v) is 12.1. The highest BCUT2D eigenvalue weighted by atomic mass is 15.1. The summed E-state index contributed by atoms with van der Waals surface area (Å²) in [6.45, 7) is 4.49. The van der Waals surface area contributed by atoms with Gasteiger partial charge in [-0.25, -0.2) is 0 Å². The Bertz CT molecular complexity index is 3410. The maximum absolute atomic E-state index is 10.1. The van der Waals surface area contributed by atoms with Crippen LogP contribution < -0.4 is 4.90 Å². The van der Waals surface area contributed by atoms with Gasteiger partial charge in [0, 0.05) is 38.9 Å². The van der Waals surface area contributed by atoms with E-state index in [0.29, 0.717) is 11.1 Å². The number of benzene rings is 9. The second kappa shape index (κ2) is 13.9. The third kappa shape index (κ3) is 5.79. The van der Waals surface area contributed by atoms with Gasteiger partial charge in [0.2, 0.25) is 0 Å². The van der Waals surface area contributed by atoms with Crippen LogP contribution in [-0.2, 0) is 5.41 Å². The Kier molecular flexibility index (Phi) is 7.23. The maximum Gasteiger partial charge on any atom is 0.0651 e. The molecule has 0 N–H and O–H groups in total. The van der Waals surface area contributed by atoms with E-state index < -0.39 is 0 Å². The molecule has 280 valence electrons. The quantitative estimate of drug-likeness (QED) is 0.157. The van der Waals surface area contributed by atoms with Crippen molar-refractivity contribution in [2.24, 2.45) is 0 Å². The second-order valence-electron chi connectivity index (χ2n) is 15.8. The lowest BCUT2D eigenvalue weighted by Gasteiger charge is -2.28. The van der Waals surface area contributed by atoms with Crippen molar-refractivity contribution in [3.8, 4) is 50.2 Å². The van der Waals surface area contributed by atoms with Crippen LogP contribution in [-0.4, -0.2) is 4.57 Å². The van der Waals surface area contributed by atoms with E-state index in [2.05, 4.69) is 152 Å². The lowest BCUT2D eigenvalue weighted by atomic mass is 9.82. The molecule has 0 saturated heterocycles. The van der Waals surface area contributed by atoms with Gasteiger partial charge < -0.3 is 9.47 Å². The van der Waals surface area contributed by atoms with E-state index in [1.54, 1.807) is 0 Å². The summed E-state index contributed by atoms with van der Waals surface area (Å²) in [5.74, 6) is 0. The molecule has 10 aromatic rings. The molecule has 0 fully saturated rings. The summed E-state index contributed by atoms with van der Waals surface area (Å²) in [6.07, 6.45) is 0. The van der Waals surface area contributed by atoms with Gasteiger partial charge in [0.05, 0.1) is 16.5 Å². The van der Waals surface area contributed by atoms with Gasteiger partial charge in [-0.05, 0) is 122 Å². The van der Waals surface area contributed by atoms with Crippen molar-refractivity contribution in [1.82, 2.24) is 4.57 Å². The topological polar surface area (TPSA) is 8.17 Å². The largest absolute Gasteiger partial charge is 0.310 e. The molecule has 0 radical (unpaired) electrons. The molecular weight excluding hydrogens is 713 g/mol. The lowest BCUT2D eigenvalue weighted by Crippen LogP contribution is -2.16. The first kappa shape index (κ1) is 30.7. The zero-order valence-corrected chi connectivity index (χ0v) is 32.9. The Morgan fingerprint density at radius 1 is 0.424 bits per heavy atom. The van der Waals surface area contributed by atoms with Crippen LogP contribution in [0.5, 0.6) is 0 Å². The molecule has 0 amide bonds. The van der Waals surface area contributed by atoms with E-state index in [-0.39, 0.29) is 35.3 Å². The fourth-order valence-corrected chi connectivity index (χ4v) is 9.21. The summed E-state index contributed by atoms with van der Waals surface area (Å²) in [7, 11) is 0. The normalized spacial score (nSPS) is 13.7. The Balaban J connectivity index is 1.12. The van der Waals surface area contributed by atoms with Crippen molar-refractivity contribution in [2.45, 2.75) is 19.3 Å². The predicted molar refractivity (Wildman–Crippen MR) is 249 cm³/mol. The average Bonchev–Trinajstić information content (AvgIpc) is 3.78. The van der Waals surface area contributed by atoms with Crippen LogP contribution in [0.25, 0.3) is 72.0 Å². The van der Waals surface area contributed by atoms with Crippen molar-refractivity contribution < 1.29 is 5.48 Å². The van der Waals surface area contributed by atoms with Crippen molar-refractivity contribution in [1.29, 1.82) is 0 Å². The number of rotatable bonds is 7.